The first-order valence-electron chi connectivity index (χ1n) is 7.95. The number of likely N-dealkylation sites (N-methyl/N-ethyl adjacent to an activating group) is 1. The Morgan fingerprint density at radius 2 is 1.92 bits per heavy atom. The fourth-order valence-corrected chi connectivity index (χ4v) is 3.46. The fourth-order valence-electron chi connectivity index (χ4n) is 2.77. The molecule has 1 aliphatic heterocycles. The predicted molar refractivity (Wildman–Crippen MR) is 91.8 cm³/mol. The van der Waals surface area contributed by atoms with Gasteiger partial charge in [0, 0.05) is 26.2 Å². The van der Waals surface area contributed by atoms with E-state index in [-0.39, 0.29) is 11.8 Å². The first-order chi connectivity index (χ1) is 11.6. The molecule has 0 aliphatic carbocycles. The predicted octanol–water partition coefficient (Wildman–Crippen LogP) is 1.76. The third kappa shape index (κ3) is 4.04. The molecule has 0 aromatic carbocycles. The van der Waals surface area contributed by atoms with E-state index in [4.69, 9.17) is 4.42 Å². The van der Waals surface area contributed by atoms with Gasteiger partial charge in [0.25, 0.3) is 5.91 Å². The van der Waals surface area contributed by atoms with Crippen molar-refractivity contribution in [3.8, 4) is 0 Å². The van der Waals surface area contributed by atoms with Crippen LogP contribution in [0, 0.1) is 0 Å². The van der Waals surface area contributed by atoms with Crippen LogP contribution in [0.3, 0.4) is 0 Å². The molecule has 0 saturated carbocycles. The van der Waals surface area contributed by atoms with E-state index in [0.29, 0.717) is 39.3 Å². The number of amides is 2. The Morgan fingerprint density at radius 1 is 1.17 bits per heavy atom. The summed E-state index contributed by atoms with van der Waals surface area (Å²) in [6.07, 6.45) is 1.63. The Labute approximate surface area is 145 Å². The summed E-state index contributed by atoms with van der Waals surface area (Å²) in [5.41, 5.74) is 0. The summed E-state index contributed by atoms with van der Waals surface area (Å²) in [7, 11) is 1.90. The van der Waals surface area contributed by atoms with E-state index in [0.717, 1.165) is 10.6 Å². The number of furan rings is 1. The normalized spacial score (nSPS) is 15.1. The van der Waals surface area contributed by atoms with Crippen molar-refractivity contribution < 1.29 is 14.0 Å². The highest BCUT2D eigenvalue weighted by Crippen LogP contribution is 2.14. The second-order valence-corrected chi connectivity index (χ2v) is 6.85. The van der Waals surface area contributed by atoms with Gasteiger partial charge in [-0.15, -0.1) is 11.3 Å². The monoisotopic (exact) mass is 347 g/mol. The van der Waals surface area contributed by atoms with E-state index < -0.39 is 0 Å². The molecule has 0 spiro atoms. The lowest BCUT2D eigenvalue weighted by molar-refractivity contribution is -0.133. The van der Waals surface area contributed by atoms with Crippen LogP contribution in [0.5, 0.6) is 0 Å². The van der Waals surface area contributed by atoms with Crippen molar-refractivity contribution in [2.45, 2.75) is 6.54 Å². The largest absolute Gasteiger partial charge is 0.468 e. The highest BCUT2D eigenvalue weighted by Gasteiger charge is 2.25. The van der Waals surface area contributed by atoms with Gasteiger partial charge in [0.1, 0.15) is 5.76 Å². The van der Waals surface area contributed by atoms with Crippen LogP contribution in [0.1, 0.15) is 15.4 Å². The maximum Gasteiger partial charge on any atom is 0.264 e. The van der Waals surface area contributed by atoms with Crippen LogP contribution in [0.25, 0.3) is 0 Å². The third-order valence-electron chi connectivity index (χ3n) is 4.06. The Hall–Kier alpha value is -2.12. The Balaban J connectivity index is 1.45. The smallest absolute Gasteiger partial charge is 0.264 e. The molecule has 0 N–H and O–H groups in total. The van der Waals surface area contributed by atoms with Crippen molar-refractivity contribution >= 4 is 23.2 Å². The lowest BCUT2D eigenvalue weighted by atomic mass is 10.2. The average Bonchev–Trinajstić information content (AvgIpc) is 3.27. The van der Waals surface area contributed by atoms with Crippen molar-refractivity contribution in [3.05, 3.63) is 46.5 Å². The van der Waals surface area contributed by atoms with Gasteiger partial charge < -0.3 is 14.2 Å². The van der Waals surface area contributed by atoms with Crippen molar-refractivity contribution in [2.75, 3.05) is 39.8 Å². The van der Waals surface area contributed by atoms with Gasteiger partial charge >= 0.3 is 0 Å². The molecule has 3 rings (SSSR count). The van der Waals surface area contributed by atoms with Gasteiger partial charge in [-0.25, -0.2) is 0 Å². The minimum absolute atomic E-state index is 0.0621. The number of nitrogens with zero attached hydrogens (tertiary/aromatic N) is 3. The average molecular weight is 347 g/mol. The van der Waals surface area contributed by atoms with E-state index >= 15 is 0 Å². The van der Waals surface area contributed by atoms with Crippen molar-refractivity contribution in [3.63, 3.8) is 0 Å². The van der Waals surface area contributed by atoms with Gasteiger partial charge in [-0.3, -0.25) is 14.5 Å². The van der Waals surface area contributed by atoms with Crippen LogP contribution in [-0.4, -0.2) is 66.3 Å². The molecule has 1 aliphatic rings. The number of piperazine rings is 1. The van der Waals surface area contributed by atoms with Crippen LogP contribution in [-0.2, 0) is 11.3 Å². The second-order valence-electron chi connectivity index (χ2n) is 5.90. The van der Waals surface area contributed by atoms with Crippen LogP contribution in [0.4, 0.5) is 0 Å². The summed E-state index contributed by atoms with van der Waals surface area (Å²) < 4.78 is 5.30. The van der Waals surface area contributed by atoms with Gasteiger partial charge in [0.2, 0.25) is 5.91 Å². The summed E-state index contributed by atoms with van der Waals surface area (Å²) >= 11 is 1.45. The van der Waals surface area contributed by atoms with E-state index in [1.165, 1.54) is 11.3 Å². The molecule has 0 radical (unpaired) electrons. The van der Waals surface area contributed by atoms with Gasteiger partial charge in [-0.05, 0) is 30.6 Å². The zero-order valence-electron chi connectivity index (χ0n) is 13.7. The molecule has 1 fully saturated rings. The van der Waals surface area contributed by atoms with Crippen LogP contribution in [0.15, 0.2) is 40.3 Å². The summed E-state index contributed by atoms with van der Waals surface area (Å²) in [5, 5.41) is 1.90. The van der Waals surface area contributed by atoms with Crippen LogP contribution in [0.2, 0.25) is 0 Å². The first kappa shape index (κ1) is 16.7. The summed E-state index contributed by atoms with van der Waals surface area (Å²) in [5.74, 6) is 0.996. The summed E-state index contributed by atoms with van der Waals surface area (Å²) in [6, 6.07) is 7.46. The van der Waals surface area contributed by atoms with Gasteiger partial charge in [-0.2, -0.15) is 0 Å². The molecular formula is C17H21N3O3S. The summed E-state index contributed by atoms with van der Waals surface area (Å²) in [6.45, 7) is 3.30. The molecule has 6 nitrogen and oxygen atoms in total. The molecule has 2 aromatic heterocycles. The minimum Gasteiger partial charge on any atom is -0.468 e. The Morgan fingerprint density at radius 3 is 2.54 bits per heavy atom. The van der Waals surface area contributed by atoms with Crippen LogP contribution < -0.4 is 0 Å². The number of carbonyl (C=O) groups is 2. The second kappa shape index (κ2) is 7.63. The van der Waals surface area contributed by atoms with Crippen molar-refractivity contribution in [1.29, 1.82) is 0 Å². The molecule has 24 heavy (non-hydrogen) atoms. The highest BCUT2D eigenvalue weighted by atomic mass is 32.1. The number of hydrogen-bond acceptors (Lipinski definition) is 5. The van der Waals surface area contributed by atoms with Gasteiger partial charge in [0.05, 0.1) is 24.2 Å². The topological polar surface area (TPSA) is 57.0 Å². The van der Waals surface area contributed by atoms with E-state index in [2.05, 4.69) is 0 Å². The van der Waals surface area contributed by atoms with E-state index in [9.17, 15) is 9.59 Å². The Bertz CT molecular complexity index is 661. The van der Waals surface area contributed by atoms with Gasteiger partial charge in [0.15, 0.2) is 0 Å². The number of carbonyl (C=O) groups excluding carboxylic acids is 2. The molecule has 0 unspecified atom stereocenters. The molecule has 7 heteroatoms. The standard InChI is InChI=1S/C17H21N3O3S/c1-18(12-14-4-2-10-23-14)13-16(21)19-6-8-20(9-7-19)17(22)15-5-3-11-24-15/h2-5,10-11H,6-9,12-13H2,1H3. The van der Waals surface area contributed by atoms with Crippen molar-refractivity contribution in [1.82, 2.24) is 14.7 Å². The molecule has 2 amide bonds. The quantitative estimate of drug-likeness (QED) is 0.827. The maximum atomic E-state index is 12.4. The number of thiophene rings is 1. The lowest BCUT2D eigenvalue weighted by Gasteiger charge is -2.35. The van der Waals surface area contributed by atoms with Crippen LogP contribution >= 0.6 is 11.3 Å². The molecule has 0 atom stereocenters. The third-order valence-corrected chi connectivity index (χ3v) is 4.92. The molecule has 0 bridgehead atoms. The fraction of sp³-hybridized carbons (Fsp3) is 0.412. The van der Waals surface area contributed by atoms with Crippen molar-refractivity contribution in [2.24, 2.45) is 0 Å². The Kier molecular flexibility index (Phi) is 5.32. The molecule has 2 aromatic rings. The zero-order chi connectivity index (χ0) is 16.9. The number of hydrogen-bond donors (Lipinski definition) is 0. The molecule has 3 heterocycles. The molecule has 128 valence electrons. The molecule has 1 saturated heterocycles. The highest BCUT2D eigenvalue weighted by molar-refractivity contribution is 7.12. The maximum absolute atomic E-state index is 12.4. The zero-order valence-corrected chi connectivity index (χ0v) is 14.5. The lowest BCUT2D eigenvalue weighted by Crippen LogP contribution is -2.52. The SMILES string of the molecule is CN(CC(=O)N1CCN(C(=O)c2cccs2)CC1)Cc1ccco1. The molecular weight excluding hydrogens is 326 g/mol. The first-order valence-corrected chi connectivity index (χ1v) is 8.83. The van der Waals surface area contributed by atoms with Gasteiger partial charge in [-0.1, -0.05) is 6.07 Å². The summed E-state index contributed by atoms with van der Waals surface area (Å²) in [4.78, 5) is 31.0. The van der Waals surface area contributed by atoms with E-state index in [1.807, 2.05) is 51.4 Å². The van der Waals surface area contributed by atoms with E-state index in [1.54, 1.807) is 6.26 Å². The minimum atomic E-state index is 0.0621. The number of rotatable bonds is 5.